The van der Waals surface area contributed by atoms with Gasteiger partial charge in [-0.3, -0.25) is 0 Å². The third kappa shape index (κ3) is 16.8. The number of alkyl halides is 3. The van der Waals surface area contributed by atoms with Crippen LogP contribution in [0.15, 0.2) is 71.0 Å². The average Bonchev–Trinajstić information content (AvgIpc) is 1.78. The van der Waals surface area contributed by atoms with E-state index >= 15 is 0 Å². The monoisotopic (exact) mass is 1590 g/mol. The van der Waals surface area contributed by atoms with Crippen LogP contribution in [-0.2, 0) is 20.2 Å². The van der Waals surface area contributed by atoms with Crippen molar-refractivity contribution in [3.8, 4) is 11.8 Å². The second-order valence-corrected chi connectivity index (χ2v) is 28.0. The molecule has 0 saturated carbocycles. The Hall–Kier alpha value is -4.86. The van der Waals surface area contributed by atoms with E-state index in [0.717, 1.165) is 115 Å². The van der Waals surface area contributed by atoms with Crippen molar-refractivity contribution in [2.45, 2.75) is 82.6 Å². The third-order valence-corrected chi connectivity index (χ3v) is 18.6. The normalized spacial score (nSPS) is 16.0. The molecule has 0 bridgehead atoms. The Labute approximate surface area is 542 Å². The molecular weight excluding hydrogens is 1540 g/mol. The molecule has 0 spiro atoms. The first-order valence-electron chi connectivity index (χ1n) is 27.1. The summed E-state index contributed by atoms with van der Waals surface area (Å²) in [6, 6.07) is 9.97. The number of piperidine rings is 4. The molecule has 0 radical (unpaired) electrons. The van der Waals surface area contributed by atoms with Crippen LogP contribution in [0.25, 0.3) is 43.6 Å². The van der Waals surface area contributed by atoms with Gasteiger partial charge in [-0.25, -0.2) is 47.5 Å². The first kappa shape index (κ1) is 66.6. The van der Waals surface area contributed by atoms with Crippen LogP contribution in [0.1, 0.15) is 77.0 Å². The van der Waals surface area contributed by atoms with Gasteiger partial charge in [0.25, 0.3) is 0 Å². The summed E-state index contributed by atoms with van der Waals surface area (Å²) in [5.41, 5.74) is -3.78. The number of anilines is 4. The summed E-state index contributed by atoms with van der Waals surface area (Å²) in [7, 11) is -9.75. The highest BCUT2D eigenvalue weighted by molar-refractivity contribution is 9.11. The minimum Gasteiger partial charge on any atom is -0.361 e. The lowest BCUT2D eigenvalue weighted by atomic mass is 10.1. The summed E-state index contributed by atoms with van der Waals surface area (Å²) in [4.78, 5) is 42.6. The molecule has 0 amide bonds. The molecular formula is C54H51Br5ClF7N12O6S2. The number of benzene rings is 4. The third-order valence-electron chi connectivity index (χ3n) is 13.9. The maximum atomic E-state index is 13.7. The first-order chi connectivity index (χ1) is 41.2. The van der Waals surface area contributed by atoms with Crippen molar-refractivity contribution in [2.75, 3.05) is 78.2 Å². The Bertz CT molecular complexity index is 3990. The van der Waals surface area contributed by atoms with E-state index < -0.39 is 43.3 Å². The minimum atomic E-state index is -5.96. The van der Waals surface area contributed by atoms with E-state index in [4.69, 9.17) is 15.8 Å². The Morgan fingerprint density at radius 1 is 0.414 bits per heavy atom. The fourth-order valence-corrected chi connectivity index (χ4v) is 13.4. The van der Waals surface area contributed by atoms with E-state index in [1.54, 1.807) is 4.90 Å². The minimum absolute atomic E-state index is 0.0249. The average molecular weight is 1600 g/mol. The zero-order valence-electron chi connectivity index (χ0n) is 45.8. The van der Waals surface area contributed by atoms with Crippen LogP contribution in [0.3, 0.4) is 0 Å². The van der Waals surface area contributed by atoms with E-state index in [0.29, 0.717) is 75.9 Å². The standard InChI is InChI=1S/C14H12BrF4N3O3S.C14H15BrFN3O3S.C13H12Br2FN3.C13H12BrClFN3/c15-10-7-8(16)6-9-11(10)20-13(22-4-2-1-3-5-22)21-12(9)25-26(23,24)14(17,18)19;1-23(20,21)22-13-10-7-9(16)8-11(15)12(10)17-14(18-13)19-5-3-2-4-6-19;2*14-10-7-8(16)6-9-11(10)17-13(18-12(9)15)19-4-2-1-3-5-19/h6-7H,1-5H2;7-8H,2-6H2,1H3;2*6-7H,1-5H2. The van der Waals surface area contributed by atoms with Crippen molar-refractivity contribution in [2.24, 2.45) is 0 Å². The zero-order chi connectivity index (χ0) is 62.5. The summed E-state index contributed by atoms with van der Waals surface area (Å²) in [6.45, 7) is 6.58. The van der Waals surface area contributed by atoms with E-state index in [1.807, 2.05) is 4.90 Å². The van der Waals surface area contributed by atoms with E-state index in [9.17, 15) is 47.6 Å². The molecule has 8 aromatic rings. The number of nitrogens with zero attached hydrogens (tertiary/aromatic N) is 12. The molecule has 18 nitrogen and oxygen atoms in total. The van der Waals surface area contributed by atoms with Gasteiger partial charge in [0.15, 0.2) is 0 Å². The van der Waals surface area contributed by atoms with Crippen molar-refractivity contribution < 1.29 is 55.9 Å². The van der Waals surface area contributed by atoms with Crippen LogP contribution in [0.5, 0.6) is 11.8 Å². The van der Waals surface area contributed by atoms with Crippen LogP contribution in [0, 0.1) is 23.3 Å². The molecule has 4 aliphatic rings. The molecule has 33 heteroatoms. The van der Waals surface area contributed by atoms with E-state index in [-0.39, 0.29) is 44.2 Å². The molecule has 4 saturated heterocycles. The number of fused-ring (bicyclic) bond motifs is 4. The molecule has 0 atom stereocenters. The van der Waals surface area contributed by atoms with Crippen molar-refractivity contribution >= 4 is 179 Å². The zero-order valence-corrected chi connectivity index (χ0v) is 56.1. The molecule has 4 aliphatic heterocycles. The van der Waals surface area contributed by atoms with Crippen LogP contribution in [0.2, 0.25) is 5.15 Å². The molecule has 87 heavy (non-hydrogen) atoms. The van der Waals surface area contributed by atoms with E-state index in [1.165, 1.54) is 62.1 Å². The van der Waals surface area contributed by atoms with Crippen LogP contribution in [0.4, 0.5) is 54.5 Å². The maximum Gasteiger partial charge on any atom is 0.534 e. The highest BCUT2D eigenvalue weighted by atomic mass is 79.9. The summed E-state index contributed by atoms with van der Waals surface area (Å²) in [6.07, 6.45) is 13.9. The summed E-state index contributed by atoms with van der Waals surface area (Å²) >= 11 is 22.6. The number of rotatable bonds is 8. The predicted octanol–water partition coefficient (Wildman–Crippen LogP) is 15.1. The van der Waals surface area contributed by atoms with Gasteiger partial charge in [0.05, 0.1) is 39.1 Å². The Morgan fingerprint density at radius 2 is 0.701 bits per heavy atom. The fourth-order valence-electron chi connectivity index (χ4n) is 9.82. The van der Waals surface area contributed by atoms with Crippen molar-refractivity contribution in [3.63, 3.8) is 0 Å². The molecule has 4 fully saturated rings. The van der Waals surface area contributed by atoms with Crippen molar-refractivity contribution in [1.29, 1.82) is 0 Å². The Balaban J connectivity index is 0.000000139. The molecule has 12 rings (SSSR count). The SMILES string of the molecule is CS(=O)(=O)Oc1nc(N2CCCCC2)nc2c(Br)cc(F)cc12.Fc1cc(Br)c2nc(N3CCCCC3)nc(Br)c2c1.Fc1cc(Br)c2nc(N3CCCCC3)nc(Cl)c2c1.O=S(=O)(Oc1nc(N2CCCCC2)nc2c(Br)cc(F)cc12)C(F)(F)F. The number of hydrogen-bond acceptors (Lipinski definition) is 18. The molecule has 4 aromatic carbocycles. The second-order valence-electron chi connectivity index (χ2n) is 20.4. The first-order valence-corrected chi connectivity index (χ1v) is 34.7. The predicted molar refractivity (Wildman–Crippen MR) is 337 cm³/mol. The smallest absolute Gasteiger partial charge is 0.361 e. The molecule has 4 aromatic heterocycles. The lowest BCUT2D eigenvalue weighted by Gasteiger charge is -2.27. The highest BCUT2D eigenvalue weighted by Crippen LogP contribution is 2.38. The number of halogens is 13. The topological polar surface area (TPSA) is 203 Å². The maximum absolute atomic E-state index is 13.7. The van der Waals surface area contributed by atoms with Gasteiger partial charge >= 0.3 is 25.7 Å². The van der Waals surface area contributed by atoms with Gasteiger partial charge in [0, 0.05) is 81.0 Å². The van der Waals surface area contributed by atoms with E-state index in [2.05, 4.69) is 134 Å². The lowest BCUT2D eigenvalue weighted by Crippen LogP contribution is -2.32. The van der Waals surface area contributed by atoms with Gasteiger partial charge in [-0.2, -0.15) is 40.0 Å². The number of hydrogen-bond donors (Lipinski definition) is 0. The summed E-state index contributed by atoms with van der Waals surface area (Å²) in [5, 5.41) is 1.45. The van der Waals surface area contributed by atoms with Gasteiger partial charge in [-0.1, -0.05) is 11.6 Å². The van der Waals surface area contributed by atoms with Crippen molar-refractivity contribution in [1.82, 2.24) is 39.9 Å². The van der Waals surface area contributed by atoms with Gasteiger partial charge in [0.2, 0.25) is 35.6 Å². The summed E-state index contributed by atoms with van der Waals surface area (Å²) in [5.74, 6) is -1.25. The van der Waals surface area contributed by atoms with Crippen molar-refractivity contribution in [3.05, 3.63) is 99.4 Å². The second kappa shape index (κ2) is 28.5. The van der Waals surface area contributed by atoms with Gasteiger partial charge < -0.3 is 28.0 Å². The van der Waals surface area contributed by atoms with Gasteiger partial charge in [0.1, 0.15) is 33.0 Å². The van der Waals surface area contributed by atoms with Crippen LogP contribution >= 0.6 is 91.3 Å². The van der Waals surface area contributed by atoms with Gasteiger partial charge in [-0.05, 0) is 205 Å². The van der Waals surface area contributed by atoms with Crippen LogP contribution in [-0.4, -0.2) is 121 Å². The summed E-state index contributed by atoms with van der Waals surface area (Å²) < 4.78 is 150. The quantitative estimate of drug-likeness (QED) is 0.0601. The highest BCUT2D eigenvalue weighted by Gasteiger charge is 2.49. The fraction of sp³-hybridized carbons (Fsp3) is 0.407. The molecule has 0 N–H and O–H groups in total. The lowest BCUT2D eigenvalue weighted by molar-refractivity contribution is -0.0500. The molecule has 466 valence electrons. The van der Waals surface area contributed by atoms with Gasteiger partial charge in [-0.15, -0.1) is 0 Å². The number of aromatic nitrogens is 8. The Kier molecular flexibility index (Phi) is 21.8. The molecule has 0 aliphatic carbocycles. The molecule has 0 unspecified atom stereocenters. The largest absolute Gasteiger partial charge is 0.534 e. The van der Waals surface area contributed by atoms with Crippen LogP contribution < -0.4 is 28.0 Å². The Morgan fingerprint density at radius 3 is 1.05 bits per heavy atom. The molecule has 8 heterocycles.